The van der Waals surface area contributed by atoms with Gasteiger partial charge in [0.05, 0.1) is 17.4 Å². The van der Waals surface area contributed by atoms with Gasteiger partial charge in [-0.1, -0.05) is 0 Å². The lowest BCUT2D eigenvalue weighted by Gasteiger charge is -2.08. The fourth-order valence-electron chi connectivity index (χ4n) is 2.41. The van der Waals surface area contributed by atoms with Crippen LogP contribution in [0.4, 0.5) is 18.9 Å². The highest BCUT2D eigenvalue weighted by Crippen LogP contribution is 2.34. The second kappa shape index (κ2) is 5.36. The monoisotopic (exact) mass is 305 g/mol. The van der Waals surface area contributed by atoms with Gasteiger partial charge < -0.3 is 10.3 Å². The molecule has 3 nitrogen and oxygen atoms in total. The number of pyridine rings is 1. The molecule has 0 aliphatic heterocycles. The second-order valence-electron chi connectivity index (χ2n) is 4.93. The van der Waals surface area contributed by atoms with Gasteiger partial charge in [-0.2, -0.15) is 13.2 Å². The number of benzene rings is 1. The topological polar surface area (TPSA) is 40.7 Å². The van der Waals surface area contributed by atoms with Crippen molar-refractivity contribution in [3.63, 3.8) is 0 Å². The van der Waals surface area contributed by atoms with Crippen molar-refractivity contribution in [2.24, 2.45) is 0 Å². The number of anilines is 1. The average Bonchev–Trinajstić information content (AvgIpc) is 2.90. The van der Waals surface area contributed by atoms with Gasteiger partial charge in [0, 0.05) is 34.9 Å². The molecule has 2 aromatic heterocycles. The molecule has 0 bridgehead atoms. The molecule has 0 radical (unpaired) electrons. The maximum Gasteiger partial charge on any atom is 0.416 e. The molecule has 114 valence electrons. The maximum absolute atomic E-state index is 12.8. The van der Waals surface area contributed by atoms with Gasteiger partial charge in [0.25, 0.3) is 0 Å². The summed E-state index contributed by atoms with van der Waals surface area (Å²) in [7, 11) is 0. The van der Waals surface area contributed by atoms with Crippen LogP contribution in [0, 0.1) is 0 Å². The Morgan fingerprint density at radius 2 is 2.00 bits per heavy atom. The molecular weight excluding hydrogens is 291 g/mol. The number of hydrogen-bond donors (Lipinski definition) is 2. The van der Waals surface area contributed by atoms with E-state index in [2.05, 4.69) is 15.3 Å². The summed E-state index contributed by atoms with van der Waals surface area (Å²) in [5, 5.41) is 3.72. The third-order valence-electron chi connectivity index (χ3n) is 3.43. The minimum atomic E-state index is -4.34. The van der Waals surface area contributed by atoms with E-state index in [1.54, 1.807) is 18.5 Å². The molecule has 0 spiro atoms. The van der Waals surface area contributed by atoms with Crippen molar-refractivity contribution in [1.82, 2.24) is 9.97 Å². The predicted molar refractivity (Wildman–Crippen MR) is 80.7 cm³/mol. The first-order valence-corrected chi connectivity index (χ1v) is 6.87. The van der Waals surface area contributed by atoms with Crippen molar-refractivity contribution in [3.05, 3.63) is 48.3 Å². The summed E-state index contributed by atoms with van der Waals surface area (Å²) in [4.78, 5) is 7.22. The van der Waals surface area contributed by atoms with Crippen LogP contribution in [0.2, 0.25) is 0 Å². The number of alkyl halides is 3. The number of nitrogens with one attached hydrogen (secondary N) is 2. The van der Waals surface area contributed by atoms with Gasteiger partial charge >= 0.3 is 6.18 Å². The molecule has 0 saturated heterocycles. The lowest BCUT2D eigenvalue weighted by molar-refractivity contribution is -0.137. The highest BCUT2D eigenvalue weighted by Gasteiger charge is 2.30. The summed E-state index contributed by atoms with van der Waals surface area (Å²) in [6.07, 6.45) is -0.981. The third kappa shape index (κ3) is 2.64. The van der Waals surface area contributed by atoms with Gasteiger partial charge in [-0.25, -0.2) is 0 Å². The number of aromatic nitrogens is 2. The van der Waals surface area contributed by atoms with Gasteiger partial charge in [-0.15, -0.1) is 0 Å². The molecule has 2 N–H and O–H groups in total. The van der Waals surface area contributed by atoms with Crippen molar-refractivity contribution in [1.29, 1.82) is 0 Å². The van der Waals surface area contributed by atoms with Crippen LogP contribution < -0.4 is 5.32 Å². The van der Waals surface area contributed by atoms with Crippen LogP contribution >= 0.6 is 0 Å². The highest BCUT2D eigenvalue weighted by molar-refractivity contribution is 5.89. The standard InChI is InChI=1S/C16H14F3N3/c1-2-21-15-9-20-6-5-12(15)14-8-10-7-11(16(17,18)19)3-4-13(10)22-14/h3-9,21-22H,2H2,1H3. The molecule has 0 fully saturated rings. The summed E-state index contributed by atoms with van der Waals surface area (Å²) in [6, 6.07) is 7.24. The lowest BCUT2D eigenvalue weighted by atomic mass is 10.1. The Kier molecular flexibility index (Phi) is 3.52. The molecule has 0 aliphatic carbocycles. The van der Waals surface area contributed by atoms with Crippen LogP contribution in [0.3, 0.4) is 0 Å². The summed E-state index contributed by atoms with van der Waals surface area (Å²) in [5.74, 6) is 0. The Labute approximate surface area is 125 Å². The van der Waals surface area contributed by atoms with Crippen molar-refractivity contribution in [2.45, 2.75) is 13.1 Å². The van der Waals surface area contributed by atoms with Crippen LogP contribution in [0.1, 0.15) is 12.5 Å². The average molecular weight is 305 g/mol. The number of aromatic amines is 1. The predicted octanol–water partition coefficient (Wildman–Crippen LogP) is 4.68. The Morgan fingerprint density at radius 3 is 2.73 bits per heavy atom. The second-order valence-corrected chi connectivity index (χ2v) is 4.93. The van der Waals surface area contributed by atoms with Gasteiger partial charge in [0.2, 0.25) is 0 Å². The fourth-order valence-corrected chi connectivity index (χ4v) is 2.41. The van der Waals surface area contributed by atoms with Gasteiger partial charge in [-0.05, 0) is 37.3 Å². The van der Waals surface area contributed by atoms with Crippen LogP contribution in [-0.4, -0.2) is 16.5 Å². The van der Waals surface area contributed by atoms with Crippen LogP contribution in [0.25, 0.3) is 22.2 Å². The van der Waals surface area contributed by atoms with E-state index in [1.807, 2.05) is 13.0 Å². The van der Waals surface area contributed by atoms with E-state index in [0.29, 0.717) is 10.9 Å². The minimum Gasteiger partial charge on any atom is -0.384 e. The van der Waals surface area contributed by atoms with E-state index in [0.717, 1.165) is 35.6 Å². The molecule has 0 saturated carbocycles. The summed E-state index contributed by atoms with van der Waals surface area (Å²) >= 11 is 0. The lowest BCUT2D eigenvalue weighted by Crippen LogP contribution is -2.03. The van der Waals surface area contributed by atoms with Crippen molar-refractivity contribution in [3.8, 4) is 11.3 Å². The largest absolute Gasteiger partial charge is 0.416 e. The van der Waals surface area contributed by atoms with Crippen LogP contribution in [0.5, 0.6) is 0 Å². The van der Waals surface area contributed by atoms with Crippen molar-refractivity contribution >= 4 is 16.6 Å². The maximum atomic E-state index is 12.8. The minimum absolute atomic E-state index is 0.532. The molecule has 0 atom stereocenters. The number of rotatable bonds is 3. The van der Waals surface area contributed by atoms with Gasteiger partial charge in [-0.3, -0.25) is 4.98 Å². The highest BCUT2D eigenvalue weighted by atomic mass is 19.4. The SMILES string of the molecule is CCNc1cnccc1-c1cc2cc(C(F)(F)F)ccc2[nH]1. The summed E-state index contributed by atoms with van der Waals surface area (Å²) in [6.45, 7) is 2.70. The first-order valence-electron chi connectivity index (χ1n) is 6.87. The molecule has 2 heterocycles. The molecular formula is C16H14F3N3. The number of nitrogens with zero attached hydrogens (tertiary/aromatic N) is 1. The summed E-state index contributed by atoms with van der Waals surface area (Å²) < 4.78 is 38.3. The molecule has 0 amide bonds. The van der Waals surface area contributed by atoms with E-state index in [-0.39, 0.29) is 0 Å². The van der Waals surface area contributed by atoms with Crippen molar-refractivity contribution in [2.75, 3.05) is 11.9 Å². The normalized spacial score (nSPS) is 11.8. The molecule has 0 unspecified atom stereocenters. The molecule has 3 aromatic rings. The molecule has 1 aromatic carbocycles. The third-order valence-corrected chi connectivity index (χ3v) is 3.43. The number of fused-ring (bicyclic) bond motifs is 1. The van der Waals surface area contributed by atoms with E-state index < -0.39 is 11.7 Å². The smallest absolute Gasteiger partial charge is 0.384 e. The van der Waals surface area contributed by atoms with Gasteiger partial charge in [0.1, 0.15) is 0 Å². The Hall–Kier alpha value is -2.50. The molecule has 0 aliphatic rings. The van der Waals surface area contributed by atoms with Crippen LogP contribution in [-0.2, 0) is 6.18 Å². The zero-order chi connectivity index (χ0) is 15.7. The number of hydrogen-bond acceptors (Lipinski definition) is 2. The first-order chi connectivity index (χ1) is 10.5. The Balaban J connectivity index is 2.09. The molecule has 22 heavy (non-hydrogen) atoms. The Bertz CT molecular complexity index is 806. The number of halogens is 3. The fraction of sp³-hybridized carbons (Fsp3) is 0.188. The quantitative estimate of drug-likeness (QED) is 0.737. The number of H-pyrrole nitrogens is 1. The molecule has 6 heteroatoms. The van der Waals surface area contributed by atoms with E-state index in [4.69, 9.17) is 0 Å². The van der Waals surface area contributed by atoms with Crippen LogP contribution in [0.15, 0.2) is 42.7 Å². The summed E-state index contributed by atoms with van der Waals surface area (Å²) in [5.41, 5.74) is 2.50. The zero-order valence-electron chi connectivity index (χ0n) is 11.8. The zero-order valence-corrected chi connectivity index (χ0v) is 11.8. The van der Waals surface area contributed by atoms with E-state index >= 15 is 0 Å². The van der Waals surface area contributed by atoms with E-state index in [9.17, 15) is 13.2 Å². The first kappa shape index (κ1) is 14.4. The van der Waals surface area contributed by atoms with E-state index in [1.165, 1.54) is 6.07 Å². The molecule has 3 rings (SSSR count). The van der Waals surface area contributed by atoms with Crippen molar-refractivity contribution < 1.29 is 13.2 Å². The van der Waals surface area contributed by atoms with Gasteiger partial charge in [0.15, 0.2) is 0 Å². The Morgan fingerprint density at radius 1 is 1.18 bits per heavy atom.